The van der Waals surface area contributed by atoms with E-state index in [1.165, 1.54) is 19.2 Å². The minimum atomic E-state index is -0.381. The highest BCUT2D eigenvalue weighted by Crippen LogP contribution is 2.13. The maximum Gasteiger partial charge on any atom is 0.310 e. The molecule has 0 fully saturated rings. The van der Waals surface area contributed by atoms with Crippen LogP contribution < -0.4 is 10.5 Å². The van der Waals surface area contributed by atoms with E-state index < -0.39 is 0 Å². The van der Waals surface area contributed by atoms with Gasteiger partial charge in [0.05, 0.1) is 19.6 Å². The molecule has 1 aromatic carbocycles. The number of benzene rings is 1. The summed E-state index contributed by atoms with van der Waals surface area (Å²) in [5, 5.41) is 0. The first kappa shape index (κ1) is 13.4. The van der Waals surface area contributed by atoms with Gasteiger partial charge in [0.25, 0.3) is 0 Å². The molecular formula is C12H16FNO3. The van der Waals surface area contributed by atoms with Gasteiger partial charge in [-0.25, -0.2) is 4.39 Å². The van der Waals surface area contributed by atoms with Gasteiger partial charge in [-0.05, 0) is 18.6 Å². The first-order valence-corrected chi connectivity index (χ1v) is 5.33. The van der Waals surface area contributed by atoms with Gasteiger partial charge in [0.1, 0.15) is 11.6 Å². The van der Waals surface area contributed by atoms with Gasteiger partial charge in [0.15, 0.2) is 0 Å². The highest BCUT2D eigenvalue weighted by atomic mass is 19.1. The number of ether oxygens (including phenoxy) is 2. The number of hydrogen-bond donors (Lipinski definition) is 1. The standard InChI is InChI=1S/C12H16FNO3/c1-16-12(15)9(8-14)5-6-17-11-4-2-3-10(13)7-11/h2-4,7,9H,5-6,8,14H2,1H3. The van der Waals surface area contributed by atoms with Crippen LogP contribution in [0.1, 0.15) is 6.42 Å². The predicted molar refractivity (Wildman–Crippen MR) is 61.1 cm³/mol. The molecule has 94 valence electrons. The summed E-state index contributed by atoms with van der Waals surface area (Å²) >= 11 is 0. The topological polar surface area (TPSA) is 61.5 Å². The molecule has 0 radical (unpaired) electrons. The molecule has 17 heavy (non-hydrogen) atoms. The normalized spacial score (nSPS) is 11.9. The molecule has 0 saturated heterocycles. The monoisotopic (exact) mass is 241 g/mol. The van der Waals surface area contributed by atoms with Crippen molar-refractivity contribution in [2.24, 2.45) is 11.7 Å². The molecule has 5 heteroatoms. The number of hydrogen-bond acceptors (Lipinski definition) is 4. The Morgan fingerprint density at radius 2 is 2.29 bits per heavy atom. The van der Waals surface area contributed by atoms with Gasteiger partial charge in [-0.3, -0.25) is 4.79 Å². The zero-order valence-electron chi connectivity index (χ0n) is 9.69. The van der Waals surface area contributed by atoms with Crippen molar-refractivity contribution in [1.82, 2.24) is 0 Å². The zero-order chi connectivity index (χ0) is 12.7. The fraction of sp³-hybridized carbons (Fsp3) is 0.417. The van der Waals surface area contributed by atoms with Gasteiger partial charge >= 0.3 is 5.97 Å². The van der Waals surface area contributed by atoms with E-state index in [1.807, 2.05) is 0 Å². The molecule has 4 nitrogen and oxygen atoms in total. The van der Waals surface area contributed by atoms with Crippen LogP contribution in [0.2, 0.25) is 0 Å². The van der Waals surface area contributed by atoms with E-state index in [4.69, 9.17) is 10.5 Å². The SMILES string of the molecule is COC(=O)C(CN)CCOc1cccc(F)c1. The Morgan fingerprint density at radius 3 is 2.88 bits per heavy atom. The van der Waals surface area contributed by atoms with Crippen LogP contribution >= 0.6 is 0 Å². The summed E-state index contributed by atoms with van der Waals surface area (Å²) in [6.07, 6.45) is 0.444. The van der Waals surface area contributed by atoms with Gasteiger partial charge in [-0.2, -0.15) is 0 Å². The quantitative estimate of drug-likeness (QED) is 0.763. The fourth-order valence-electron chi connectivity index (χ4n) is 1.37. The first-order valence-electron chi connectivity index (χ1n) is 5.33. The minimum absolute atomic E-state index is 0.208. The zero-order valence-corrected chi connectivity index (χ0v) is 9.69. The lowest BCUT2D eigenvalue weighted by molar-refractivity contribution is -0.145. The number of esters is 1. The third kappa shape index (κ3) is 4.40. The van der Waals surface area contributed by atoms with E-state index in [0.29, 0.717) is 18.8 Å². The van der Waals surface area contributed by atoms with Crippen LogP contribution in [0, 0.1) is 11.7 Å². The molecule has 0 heterocycles. The van der Waals surface area contributed by atoms with Gasteiger partial charge < -0.3 is 15.2 Å². The summed E-state index contributed by atoms with van der Waals surface area (Å²) in [5.41, 5.74) is 5.44. The summed E-state index contributed by atoms with van der Waals surface area (Å²) in [6, 6.07) is 5.84. The third-order valence-electron chi connectivity index (χ3n) is 2.35. The van der Waals surface area contributed by atoms with Crippen molar-refractivity contribution >= 4 is 5.97 Å². The van der Waals surface area contributed by atoms with Crippen LogP contribution in [0.4, 0.5) is 4.39 Å². The molecule has 2 N–H and O–H groups in total. The van der Waals surface area contributed by atoms with Crippen LogP contribution in [-0.4, -0.2) is 26.2 Å². The number of carbonyl (C=O) groups excluding carboxylic acids is 1. The van der Waals surface area contributed by atoms with Gasteiger partial charge in [0.2, 0.25) is 0 Å². The molecule has 0 amide bonds. The second kappa shape index (κ2) is 6.85. The van der Waals surface area contributed by atoms with Crippen molar-refractivity contribution in [2.75, 3.05) is 20.3 Å². The Bertz CT molecular complexity index is 371. The Balaban J connectivity index is 2.38. The lowest BCUT2D eigenvalue weighted by Gasteiger charge is -2.12. The van der Waals surface area contributed by atoms with E-state index in [0.717, 1.165) is 0 Å². The second-order valence-electron chi connectivity index (χ2n) is 3.55. The summed E-state index contributed by atoms with van der Waals surface area (Å²) in [7, 11) is 1.32. The molecule has 0 aliphatic rings. The van der Waals surface area contributed by atoms with E-state index in [-0.39, 0.29) is 24.2 Å². The fourth-order valence-corrected chi connectivity index (χ4v) is 1.37. The number of carbonyl (C=O) groups is 1. The Labute approximate surface area is 99.5 Å². The van der Waals surface area contributed by atoms with Crippen LogP contribution in [0.5, 0.6) is 5.75 Å². The smallest absolute Gasteiger partial charge is 0.310 e. The molecular weight excluding hydrogens is 225 g/mol. The van der Waals surface area contributed by atoms with Crippen LogP contribution in [0.25, 0.3) is 0 Å². The molecule has 0 saturated carbocycles. The van der Waals surface area contributed by atoms with Crippen molar-refractivity contribution in [3.8, 4) is 5.75 Å². The average Bonchev–Trinajstić information content (AvgIpc) is 2.34. The predicted octanol–water partition coefficient (Wildman–Crippen LogP) is 1.34. The van der Waals surface area contributed by atoms with Crippen molar-refractivity contribution in [3.05, 3.63) is 30.1 Å². The Kier molecular flexibility index (Phi) is 5.42. The third-order valence-corrected chi connectivity index (χ3v) is 2.35. The highest BCUT2D eigenvalue weighted by Gasteiger charge is 2.16. The van der Waals surface area contributed by atoms with Crippen molar-refractivity contribution in [3.63, 3.8) is 0 Å². The molecule has 0 aromatic heterocycles. The number of nitrogens with two attached hydrogens (primary N) is 1. The minimum Gasteiger partial charge on any atom is -0.493 e. The maximum atomic E-state index is 12.8. The maximum absolute atomic E-state index is 12.8. The molecule has 1 rings (SSSR count). The molecule has 0 aliphatic carbocycles. The largest absolute Gasteiger partial charge is 0.493 e. The molecule has 1 unspecified atom stereocenters. The van der Waals surface area contributed by atoms with Gasteiger partial charge in [-0.1, -0.05) is 6.07 Å². The van der Waals surface area contributed by atoms with Crippen molar-refractivity contribution in [2.45, 2.75) is 6.42 Å². The Hall–Kier alpha value is -1.62. The number of methoxy groups -OCH3 is 1. The molecule has 0 spiro atoms. The highest BCUT2D eigenvalue weighted by molar-refractivity contribution is 5.72. The van der Waals surface area contributed by atoms with Crippen LogP contribution in [0.15, 0.2) is 24.3 Å². The van der Waals surface area contributed by atoms with Gasteiger partial charge in [0, 0.05) is 12.6 Å². The van der Waals surface area contributed by atoms with Gasteiger partial charge in [-0.15, -0.1) is 0 Å². The first-order chi connectivity index (χ1) is 8.17. The van der Waals surface area contributed by atoms with Crippen molar-refractivity contribution in [1.29, 1.82) is 0 Å². The van der Waals surface area contributed by atoms with Crippen molar-refractivity contribution < 1.29 is 18.7 Å². The van der Waals surface area contributed by atoms with E-state index >= 15 is 0 Å². The molecule has 0 aliphatic heterocycles. The van der Waals surface area contributed by atoms with E-state index in [9.17, 15) is 9.18 Å². The summed E-state index contributed by atoms with van der Waals surface area (Å²) < 4.78 is 22.7. The number of rotatable bonds is 6. The lowest BCUT2D eigenvalue weighted by atomic mass is 10.1. The van der Waals surface area contributed by atoms with E-state index in [2.05, 4.69) is 4.74 Å². The molecule has 1 aromatic rings. The summed E-state index contributed by atoms with van der Waals surface area (Å²) in [5.74, 6) is -0.652. The summed E-state index contributed by atoms with van der Waals surface area (Å²) in [4.78, 5) is 11.2. The molecule has 1 atom stereocenters. The Morgan fingerprint density at radius 1 is 1.53 bits per heavy atom. The summed E-state index contributed by atoms with van der Waals surface area (Å²) in [6.45, 7) is 0.500. The average molecular weight is 241 g/mol. The van der Waals surface area contributed by atoms with Crippen LogP contribution in [0.3, 0.4) is 0 Å². The van der Waals surface area contributed by atoms with Crippen LogP contribution in [-0.2, 0) is 9.53 Å². The molecule has 0 bridgehead atoms. The second-order valence-corrected chi connectivity index (χ2v) is 3.55. The lowest BCUT2D eigenvalue weighted by Crippen LogP contribution is -2.26. The number of halogens is 1. The van der Waals surface area contributed by atoms with E-state index in [1.54, 1.807) is 12.1 Å².